The molecule has 0 saturated heterocycles. The highest BCUT2D eigenvalue weighted by molar-refractivity contribution is 6.08. The van der Waals surface area contributed by atoms with Crippen molar-refractivity contribution in [2.75, 3.05) is 6.54 Å². The van der Waals surface area contributed by atoms with Crippen LogP contribution in [0.3, 0.4) is 0 Å². The van der Waals surface area contributed by atoms with E-state index in [-0.39, 0.29) is 23.9 Å². The van der Waals surface area contributed by atoms with Crippen LogP contribution in [0.15, 0.2) is 115 Å². The van der Waals surface area contributed by atoms with Crippen molar-refractivity contribution in [3.8, 4) is 0 Å². The van der Waals surface area contributed by atoms with E-state index in [1.165, 1.54) is 0 Å². The quantitative estimate of drug-likeness (QED) is 0.0819. The van der Waals surface area contributed by atoms with Crippen molar-refractivity contribution < 1.29 is 29.0 Å². The molecule has 48 heavy (non-hydrogen) atoms. The van der Waals surface area contributed by atoms with Crippen LogP contribution in [0.2, 0.25) is 0 Å². The molecule has 1 aromatic carbocycles. The molecule has 0 aliphatic carbocycles. The van der Waals surface area contributed by atoms with Gasteiger partial charge in [0.15, 0.2) is 11.4 Å². The van der Waals surface area contributed by atoms with E-state index in [0.717, 1.165) is 44.6 Å². The van der Waals surface area contributed by atoms with Crippen LogP contribution in [0.5, 0.6) is 0 Å². The Morgan fingerprint density at radius 1 is 0.812 bits per heavy atom. The van der Waals surface area contributed by atoms with Crippen LogP contribution < -0.4 is 10.6 Å². The van der Waals surface area contributed by atoms with Gasteiger partial charge in [-0.25, -0.2) is 4.79 Å². The number of hydrogen-bond acceptors (Lipinski definition) is 5. The summed E-state index contributed by atoms with van der Waals surface area (Å²) in [5.74, 6) is -2.59. The molecule has 2 rings (SSSR count). The average molecular weight is 657 g/mol. The smallest absolute Gasteiger partial charge is 0.326 e. The number of aliphatic carboxylic acids is 1. The van der Waals surface area contributed by atoms with Gasteiger partial charge in [-0.1, -0.05) is 110 Å². The molecule has 2 unspecified atom stereocenters. The van der Waals surface area contributed by atoms with E-state index in [1.807, 2.05) is 18.2 Å². The summed E-state index contributed by atoms with van der Waals surface area (Å²) in [6.45, 7) is 4.13. The number of carboxylic acids is 1. The molecule has 1 aromatic rings. The van der Waals surface area contributed by atoms with Gasteiger partial charge < -0.3 is 20.5 Å². The lowest BCUT2D eigenvalue weighted by Crippen LogP contribution is -2.42. The number of ketones is 1. The third-order valence-corrected chi connectivity index (χ3v) is 7.57. The van der Waals surface area contributed by atoms with Gasteiger partial charge in [0.1, 0.15) is 6.04 Å². The van der Waals surface area contributed by atoms with Gasteiger partial charge in [-0.05, 0) is 71.1 Å². The van der Waals surface area contributed by atoms with Gasteiger partial charge in [0.25, 0.3) is 5.91 Å². The molecule has 0 radical (unpaired) electrons. The number of nitrogens with one attached hydrogen (secondary N) is 2. The number of allylic oxidation sites excluding steroid dienone is 12. The Morgan fingerprint density at radius 2 is 1.35 bits per heavy atom. The third-order valence-electron chi connectivity index (χ3n) is 7.57. The highest BCUT2D eigenvalue weighted by Crippen LogP contribution is 2.34. The van der Waals surface area contributed by atoms with E-state index in [2.05, 4.69) is 78.3 Å². The first kappa shape index (κ1) is 39.5. The number of carbonyl (C=O) groups is 4. The topological polar surface area (TPSA) is 122 Å². The number of amides is 2. The summed E-state index contributed by atoms with van der Waals surface area (Å²) in [5.41, 5.74) is -0.736. The Labute approximate surface area is 286 Å². The molecule has 1 aliphatic rings. The van der Waals surface area contributed by atoms with Gasteiger partial charge in [-0.2, -0.15) is 0 Å². The Morgan fingerprint density at radius 3 is 1.90 bits per heavy atom. The second kappa shape index (κ2) is 23.6. The van der Waals surface area contributed by atoms with Crippen LogP contribution in [-0.2, 0) is 29.5 Å². The first-order chi connectivity index (χ1) is 23.3. The van der Waals surface area contributed by atoms with Crippen molar-refractivity contribution in [3.63, 3.8) is 0 Å². The average Bonchev–Trinajstić information content (AvgIpc) is 3.40. The van der Waals surface area contributed by atoms with Crippen molar-refractivity contribution in [1.82, 2.24) is 10.6 Å². The molecule has 0 aromatic heterocycles. The molecule has 1 aliphatic heterocycles. The molecule has 2 atom stereocenters. The van der Waals surface area contributed by atoms with Gasteiger partial charge >= 0.3 is 5.97 Å². The largest absolute Gasteiger partial charge is 0.480 e. The molecule has 0 bridgehead atoms. The molecule has 2 amide bonds. The zero-order chi connectivity index (χ0) is 34.9. The molecule has 8 heteroatoms. The maximum atomic E-state index is 12.7. The standard InChI is InChI=1S/C40H52N2O6/c1-3-4-5-6-7-8-9-10-11-12-13-14-15-16-17-18-19-20-24-30-37(44)41-31-26-25-29-34(39(46)47)42-38(45)35-32-36(43)40(2,48-35)33-27-22-21-23-28-33/h4-5,7-8,10-11,13-14,16-17,19-23,27-28,32,34H,3,6,9,12,15,18,24-26,29-31H2,1-2H3,(H,41,44)(H,42,45)(H,46,47)/b5-4-,8-7-,11-10-,14-13-,17-16-,20-19-. The summed E-state index contributed by atoms with van der Waals surface area (Å²) in [5, 5.41) is 14.9. The lowest BCUT2D eigenvalue weighted by molar-refractivity contribution is -0.142. The second-order valence-corrected chi connectivity index (χ2v) is 11.5. The van der Waals surface area contributed by atoms with Crippen LogP contribution in [-0.4, -0.2) is 41.3 Å². The minimum atomic E-state index is -1.34. The molecule has 3 N–H and O–H groups in total. The number of ether oxygens (including phenoxy) is 1. The predicted octanol–water partition coefficient (Wildman–Crippen LogP) is 7.72. The zero-order valence-electron chi connectivity index (χ0n) is 28.4. The Bertz CT molecular complexity index is 1370. The van der Waals surface area contributed by atoms with Gasteiger partial charge in [0, 0.05) is 24.6 Å². The summed E-state index contributed by atoms with van der Waals surface area (Å²) in [6, 6.07) is 7.66. The summed E-state index contributed by atoms with van der Waals surface area (Å²) < 4.78 is 5.70. The summed E-state index contributed by atoms with van der Waals surface area (Å²) in [4.78, 5) is 49.2. The number of rotatable bonds is 23. The van der Waals surface area contributed by atoms with Crippen LogP contribution in [0, 0.1) is 0 Å². The number of benzene rings is 1. The maximum absolute atomic E-state index is 12.7. The summed E-state index contributed by atoms with van der Waals surface area (Å²) >= 11 is 0. The fourth-order valence-electron chi connectivity index (χ4n) is 4.76. The van der Waals surface area contributed by atoms with Crippen molar-refractivity contribution in [2.45, 2.75) is 96.1 Å². The maximum Gasteiger partial charge on any atom is 0.326 e. The molecule has 1 heterocycles. The van der Waals surface area contributed by atoms with E-state index >= 15 is 0 Å². The molecule has 0 spiro atoms. The minimum Gasteiger partial charge on any atom is -0.480 e. The second-order valence-electron chi connectivity index (χ2n) is 11.5. The van der Waals surface area contributed by atoms with Crippen LogP contribution in [0.1, 0.15) is 90.0 Å². The first-order valence-corrected chi connectivity index (χ1v) is 17.0. The molecular weight excluding hydrogens is 604 g/mol. The van der Waals surface area contributed by atoms with Crippen molar-refractivity contribution >= 4 is 23.6 Å². The molecule has 8 nitrogen and oxygen atoms in total. The van der Waals surface area contributed by atoms with E-state index in [0.29, 0.717) is 37.8 Å². The first-order valence-electron chi connectivity index (χ1n) is 17.0. The van der Waals surface area contributed by atoms with Crippen molar-refractivity contribution in [2.24, 2.45) is 0 Å². The fraction of sp³-hybridized carbons (Fsp3) is 0.400. The predicted molar refractivity (Wildman–Crippen MR) is 192 cm³/mol. The minimum absolute atomic E-state index is 0.0610. The van der Waals surface area contributed by atoms with E-state index in [1.54, 1.807) is 31.2 Å². The monoisotopic (exact) mass is 656 g/mol. The summed E-state index contributed by atoms with van der Waals surface area (Å²) in [7, 11) is 0. The van der Waals surface area contributed by atoms with Crippen LogP contribution >= 0.6 is 0 Å². The molecule has 0 saturated carbocycles. The SMILES string of the molecule is CC/C=C\C/C=C\C/C=C\C/C=C\C/C=C\C/C=C\CCC(=O)NCCCCC(NC(=O)C1=CC(=O)C(C)(c2ccccc2)O1)C(=O)O. The van der Waals surface area contributed by atoms with E-state index < -0.39 is 23.5 Å². The van der Waals surface area contributed by atoms with Gasteiger partial charge in [0.05, 0.1) is 0 Å². The van der Waals surface area contributed by atoms with Gasteiger partial charge in [0.2, 0.25) is 11.7 Å². The fourth-order valence-corrected chi connectivity index (χ4v) is 4.76. The Hall–Kier alpha value is -4.72. The highest BCUT2D eigenvalue weighted by Gasteiger charge is 2.44. The highest BCUT2D eigenvalue weighted by atomic mass is 16.5. The lowest BCUT2D eigenvalue weighted by Gasteiger charge is -2.24. The molecule has 258 valence electrons. The van der Waals surface area contributed by atoms with Gasteiger partial charge in [-0.3, -0.25) is 14.4 Å². The normalized spacial score (nSPS) is 17.3. The number of unbranched alkanes of at least 4 members (excludes halogenated alkanes) is 1. The lowest BCUT2D eigenvalue weighted by atomic mass is 9.92. The Kier molecular flexibility index (Phi) is 19.4. The number of hydrogen-bond donors (Lipinski definition) is 3. The van der Waals surface area contributed by atoms with E-state index in [4.69, 9.17) is 4.74 Å². The number of carboxylic acid groups (broad SMARTS) is 1. The molecular formula is C40H52N2O6. The van der Waals surface area contributed by atoms with Crippen molar-refractivity contribution in [1.29, 1.82) is 0 Å². The molecule has 0 fully saturated rings. The summed E-state index contributed by atoms with van der Waals surface area (Å²) in [6.07, 6.45) is 34.8. The van der Waals surface area contributed by atoms with Crippen LogP contribution in [0.4, 0.5) is 0 Å². The third kappa shape index (κ3) is 15.7. The number of carbonyl (C=O) groups excluding carboxylic acids is 3. The van der Waals surface area contributed by atoms with Crippen molar-refractivity contribution in [3.05, 3.63) is 121 Å². The van der Waals surface area contributed by atoms with Gasteiger partial charge in [-0.15, -0.1) is 0 Å². The Balaban J connectivity index is 1.53. The zero-order valence-corrected chi connectivity index (χ0v) is 28.4. The van der Waals surface area contributed by atoms with E-state index in [9.17, 15) is 24.3 Å². The van der Waals surface area contributed by atoms with Crippen LogP contribution in [0.25, 0.3) is 0 Å².